The van der Waals surface area contributed by atoms with Gasteiger partial charge in [-0.3, -0.25) is 4.79 Å². The molecule has 2 unspecified atom stereocenters. The van der Waals surface area contributed by atoms with Crippen molar-refractivity contribution in [3.05, 3.63) is 135 Å². The predicted octanol–water partition coefficient (Wildman–Crippen LogP) is 8.14. The zero-order valence-electron chi connectivity index (χ0n) is 25.1. The lowest BCUT2D eigenvalue weighted by Gasteiger charge is -2.15. The number of carbonyl (C=O) groups excluding carboxylic acids is 1. The van der Waals surface area contributed by atoms with Crippen LogP contribution in [0.3, 0.4) is 0 Å². The zero-order chi connectivity index (χ0) is 31.5. The Hall–Kier alpha value is -3.65. The molecule has 4 nitrogen and oxygen atoms in total. The minimum absolute atomic E-state index is 0.164. The van der Waals surface area contributed by atoms with Gasteiger partial charge < -0.3 is 16.0 Å². The van der Waals surface area contributed by atoms with E-state index in [1.54, 1.807) is 0 Å². The number of benzene rings is 4. The van der Waals surface area contributed by atoms with Crippen molar-refractivity contribution >= 4 is 23.2 Å². The van der Waals surface area contributed by atoms with Gasteiger partial charge in [-0.05, 0) is 123 Å². The molecule has 0 radical (unpaired) electrons. The van der Waals surface area contributed by atoms with Crippen LogP contribution in [0.4, 0.5) is 18.9 Å². The highest BCUT2D eigenvalue weighted by Crippen LogP contribution is 2.29. The molecular weight excluding hydrogens is 583 g/mol. The van der Waals surface area contributed by atoms with Gasteiger partial charge in [0.25, 0.3) is 5.91 Å². The SMILES string of the molecule is CC(Cc1ccc(C(=O)Nc2ccc(CC(C)NCCc3cccc(Cl)c3)cc2)cc1)NCCc1ccc(C(F)(F)F)cc1. The predicted molar refractivity (Wildman–Crippen MR) is 173 cm³/mol. The Bertz CT molecular complexity index is 1470. The van der Waals surface area contributed by atoms with Crippen LogP contribution in [-0.4, -0.2) is 31.1 Å². The van der Waals surface area contributed by atoms with Crippen molar-refractivity contribution in [2.75, 3.05) is 18.4 Å². The summed E-state index contributed by atoms with van der Waals surface area (Å²) in [7, 11) is 0. The second-order valence-corrected chi connectivity index (χ2v) is 11.7. The second kappa shape index (κ2) is 15.9. The van der Waals surface area contributed by atoms with E-state index < -0.39 is 11.7 Å². The number of amides is 1. The number of hydrogen-bond acceptors (Lipinski definition) is 3. The number of anilines is 1. The summed E-state index contributed by atoms with van der Waals surface area (Å²) < 4.78 is 38.2. The topological polar surface area (TPSA) is 53.2 Å². The van der Waals surface area contributed by atoms with Crippen LogP contribution in [0.1, 0.15) is 52.0 Å². The molecule has 1 amide bonds. The smallest absolute Gasteiger partial charge is 0.322 e. The first kappa shape index (κ1) is 33.2. The molecule has 0 saturated heterocycles. The Morgan fingerprint density at radius 1 is 0.705 bits per heavy atom. The average molecular weight is 622 g/mol. The Labute approximate surface area is 263 Å². The lowest BCUT2D eigenvalue weighted by Crippen LogP contribution is -2.30. The van der Waals surface area contributed by atoms with Gasteiger partial charge in [-0.2, -0.15) is 13.2 Å². The maximum atomic E-state index is 12.8. The van der Waals surface area contributed by atoms with Gasteiger partial charge in [0.2, 0.25) is 0 Å². The van der Waals surface area contributed by atoms with Gasteiger partial charge in [-0.15, -0.1) is 0 Å². The summed E-state index contributed by atoms with van der Waals surface area (Å²) in [6.07, 6.45) is -1.10. The van der Waals surface area contributed by atoms with Crippen molar-refractivity contribution in [3.8, 4) is 0 Å². The third-order valence-electron chi connectivity index (χ3n) is 7.49. The van der Waals surface area contributed by atoms with Crippen molar-refractivity contribution in [2.24, 2.45) is 0 Å². The van der Waals surface area contributed by atoms with E-state index in [1.807, 2.05) is 66.7 Å². The number of rotatable bonds is 14. The zero-order valence-corrected chi connectivity index (χ0v) is 25.8. The third-order valence-corrected chi connectivity index (χ3v) is 7.73. The normalized spacial score (nSPS) is 13.0. The molecule has 0 spiro atoms. The molecule has 4 aromatic carbocycles. The summed E-state index contributed by atoms with van der Waals surface area (Å²) in [6.45, 7) is 5.76. The van der Waals surface area contributed by atoms with E-state index in [4.69, 9.17) is 11.6 Å². The molecule has 232 valence electrons. The van der Waals surface area contributed by atoms with Crippen molar-refractivity contribution in [3.63, 3.8) is 0 Å². The highest BCUT2D eigenvalue weighted by Gasteiger charge is 2.29. The van der Waals surface area contributed by atoms with E-state index in [9.17, 15) is 18.0 Å². The van der Waals surface area contributed by atoms with E-state index in [0.29, 0.717) is 24.6 Å². The molecule has 8 heteroatoms. The van der Waals surface area contributed by atoms with E-state index in [1.165, 1.54) is 23.3 Å². The van der Waals surface area contributed by atoms with E-state index >= 15 is 0 Å². The largest absolute Gasteiger partial charge is 0.416 e. The first-order valence-corrected chi connectivity index (χ1v) is 15.3. The van der Waals surface area contributed by atoms with Gasteiger partial charge >= 0.3 is 6.18 Å². The molecule has 3 N–H and O–H groups in total. The molecular formula is C36H39ClF3N3O. The van der Waals surface area contributed by atoms with Crippen LogP contribution in [0.15, 0.2) is 97.1 Å². The molecule has 44 heavy (non-hydrogen) atoms. The number of nitrogens with one attached hydrogen (secondary N) is 3. The fourth-order valence-electron chi connectivity index (χ4n) is 5.05. The highest BCUT2D eigenvalue weighted by molar-refractivity contribution is 6.30. The lowest BCUT2D eigenvalue weighted by atomic mass is 10.0. The molecule has 0 aliphatic carbocycles. The molecule has 4 rings (SSSR count). The van der Waals surface area contributed by atoms with E-state index in [2.05, 4.69) is 35.9 Å². The Morgan fingerprint density at radius 3 is 1.77 bits per heavy atom. The molecule has 0 heterocycles. The monoisotopic (exact) mass is 621 g/mol. The average Bonchev–Trinajstić information content (AvgIpc) is 2.98. The van der Waals surface area contributed by atoms with Crippen LogP contribution < -0.4 is 16.0 Å². The molecule has 0 aliphatic heterocycles. The summed E-state index contributed by atoms with van der Waals surface area (Å²) in [5, 5.41) is 10.7. The van der Waals surface area contributed by atoms with Gasteiger partial charge in [0.15, 0.2) is 0 Å². The Balaban J connectivity index is 1.16. The Morgan fingerprint density at radius 2 is 1.23 bits per heavy atom. The van der Waals surface area contributed by atoms with Crippen LogP contribution in [-0.2, 0) is 31.9 Å². The van der Waals surface area contributed by atoms with Crippen LogP contribution in [0.5, 0.6) is 0 Å². The molecule has 0 saturated carbocycles. The van der Waals surface area contributed by atoms with Gasteiger partial charge in [-0.1, -0.05) is 60.1 Å². The summed E-state index contributed by atoms with van der Waals surface area (Å²) in [4.78, 5) is 12.8. The van der Waals surface area contributed by atoms with Gasteiger partial charge in [0.1, 0.15) is 0 Å². The van der Waals surface area contributed by atoms with Gasteiger partial charge in [0, 0.05) is 28.4 Å². The standard InChI is InChI=1S/C36H39ClF3N3O/c1-25(41-20-18-27-8-14-32(15-9-27)36(38,39)40)22-29-6-12-31(13-7-29)35(44)43-34-16-10-30(11-17-34)23-26(2)42-21-19-28-4-3-5-33(37)24-28/h3-17,24-26,41-42H,18-23H2,1-2H3,(H,43,44). The quantitative estimate of drug-likeness (QED) is 0.133. The third kappa shape index (κ3) is 10.8. The van der Waals surface area contributed by atoms with Crippen LogP contribution in [0.25, 0.3) is 0 Å². The lowest BCUT2D eigenvalue weighted by molar-refractivity contribution is -0.137. The molecule has 0 aliphatic rings. The first-order valence-electron chi connectivity index (χ1n) is 14.9. The minimum Gasteiger partial charge on any atom is -0.322 e. The fourth-order valence-corrected chi connectivity index (χ4v) is 5.26. The number of alkyl halides is 3. The molecule has 4 aromatic rings. The molecule has 0 fully saturated rings. The van der Waals surface area contributed by atoms with Crippen molar-refractivity contribution in [1.82, 2.24) is 10.6 Å². The van der Waals surface area contributed by atoms with Crippen LogP contribution in [0.2, 0.25) is 5.02 Å². The molecule has 0 bridgehead atoms. The van der Waals surface area contributed by atoms with Gasteiger partial charge in [-0.25, -0.2) is 0 Å². The maximum absolute atomic E-state index is 12.8. The summed E-state index contributed by atoms with van der Waals surface area (Å²) in [5.74, 6) is -0.164. The molecule has 2 atom stereocenters. The second-order valence-electron chi connectivity index (χ2n) is 11.3. The van der Waals surface area contributed by atoms with Gasteiger partial charge in [0.05, 0.1) is 5.56 Å². The van der Waals surface area contributed by atoms with E-state index in [0.717, 1.165) is 59.8 Å². The molecule has 0 aromatic heterocycles. The van der Waals surface area contributed by atoms with Crippen LogP contribution >= 0.6 is 11.6 Å². The summed E-state index contributed by atoms with van der Waals surface area (Å²) in [5.41, 5.74) is 5.05. The summed E-state index contributed by atoms with van der Waals surface area (Å²) >= 11 is 6.07. The highest BCUT2D eigenvalue weighted by atomic mass is 35.5. The number of carbonyl (C=O) groups is 1. The van der Waals surface area contributed by atoms with Crippen molar-refractivity contribution in [1.29, 1.82) is 0 Å². The summed E-state index contributed by atoms with van der Waals surface area (Å²) in [6, 6.07) is 29.2. The maximum Gasteiger partial charge on any atom is 0.416 e. The fraction of sp³-hybridized carbons (Fsp3) is 0.306. The van der Waals surface area contributed by atoms with Crippen molar-refractivity contribution in [2.45, 2.75) is 57.8 Å². The van der Waals surface area contributed by atoms with Crippen LogP contribution in [0, 0.1) is 0 Å². The minimum atomic E-state index is -4.32. The number of hydrogen-bond donors (Lipinski definition) is 3. The Kier molecular flexibility index (Phi) is 12.0. The number of halogens is 4. The first-order chi connectivity index (χ1) is 21.0. The van der Waals surface area contributed by atoms with E-state index in [-0.39, 0.29) is 11.9 Å². The van der Waals surface area contributed by atoms with Crippen molar-refractivity contribution < 1.29 is 18.0 Å².